The molecular formula is C9H11F2NO3. The molecule has 0 aromatic heterocycles. The van der Waals surface area contributed by atoms with Crippen LogP contribution < -0.4 is 5.73 Å². The molecule has 0 spiro atoms. The van der Waals surface area contributed by atoms with Crippen LogP contribution in [0.25, 0.3) is 0 Å². The predicted octanol–water partition coefficient (Wildman–Crippen LogP) is 0.942. The minimum atomic E-state index is -3.00. The topological polar surface area (TPSA) is 61.5 Å². The van der Waals surface area contributed by atoms with Crippen molar-refractivity contribution in [1.29, 1.82) is 0 Å². The molecule has 0 aromatic rings. The van der Waals surface area contributed by atoms with E-state index in [2.05, 4.69) is 9.47 Å². The lowest BCUT2D eigenvalue weighted by molar-refractivity contribution is -0.138. The molecule has 6 heteroatoms. The second-order valence-electron chi connectivity index (χ2n) is 2.92. The van der Waals surface area contributed by atoms with Crippen LogP contribution in [0.4, 0.5) is 8.78 Å². The van der Waals surface area contributed by atoms with Crippen LogP contribution in [0.1, 0.15) is 6.92 Å². The highest BCUT2D eigenvalue weighted by Crippen LogP contribution is 2.26. The normalized spacial score (nSPS) is 19.4. The number of carbonyl (C=O) groups is 1. The number of allylic oxidation sites excluding steroid dienone is 1. The van der Waals surface area contributed by atoms with E-state index in [0.717, 1.165) is 6.08 Å². The van der Waals surface area contributed by atoms with Crippen LogP contribution in [0, 0.1) is 0 Å². The van der Waals surface area contributed by atoms with Crippen molar-refractivity contribution >= 4 is 5.97 Å². The lowest BCUT2D eigenvalue weighted by Crippen LogP contribution is -2.14. The number of nitrogens with two attached hydrogens (primary N) is 1. The van der Waals surface area contributed by atoms with Gasteiger partial charge in [0.25, 0.3) is 0 Å². The van der Waals surface area contributed by atoms with Gasteiger partial charge in [0.2, 0.25) is 0 Å². The number of rotatable bonds is 3. The van der Waals surface area contributed by atoms with Crippen molar-refractivity contribution < 1.29 is 23.0 Å². The van der Waals surface area contributed by atoms with E-state index in [0.29, 0.717) is 6.08 Å². The van der Waals surface area contributed by atoms with Gasteiger partial charge in [-0.15, -0.1) is 0 Å². The summed E-state index contributed by atoms with van der Waals surface area (Å²) in [5.74, 6) is -3.87. The molecule has 15 heavy (non-hydrogen) atoms. The van der Waals surface area contributed by atoms with Crippen LogP contribution in [0.2, 0.25) is 0 Å². The van der Waals surface area contributed by atoms with Gasteiger partial charge in [-0.05, 0) is 6.92 Å². The molecular weight excluding hydrogens is 208 g/mol. The minimum absolute atomic E-state index is 0.120. The maximum atomic E-state index is 12.6. The van der Waals surface area contributed by atoms with Gasteiger partial charge in [0, 0.05) is 12.2 Å². The van der Waals surface area contributed by atoms with Gasteiger partial charge in [0.05, 0.1) is 6.61 Å². The fourth-order valence-electron chi connectivity index (χ4n) is 0.981. The standard InChI is InChI=1S/C9H11F2NO3/c1-2-14-8(13)7(12)3-6-4-9(10,11)5-15-6/h3-4H,2,5,12H2,1H3/b7-3-. The first-order chi connectivity index (χ1) is 6.94. The molecule has 84 valence electrons. The van der Waals surface area contributed by atoms with Gasteiger partial charge in [-0.25, -0.2) is 4.79 Å². The van der Waals surface area contributed by atoms with E-state index in [1.54, 1.807) is 6.92 Å². The first-order valence-electron chi connectivity index (χ1n) is 4.32. The van der Waals surface area contributed by atoms with E-state index in [1.807, 2.05) is 0 Å². The average molecular weight is 219 g/mol. The Bertz CT molecular complexity index is 323. The second-order valence-corrected chi connectivity index (χ2v) is 2.92. The molecule has 0 unspecified atom stereocenters. The van der Waals surface area contributed by atoms with Gasteiger partial charge in [-0.1, -0.05) is 0 Å². The molecule has 0 atom stereocenters. The summed E-state index contributed by atoms with van der Waals surface area (Å²) in [5.41, 5.74) is 5.03. The zero-order chi connectivity index (χ0) is 11.5. The lowest BCUT2D eigenvalue weighted by Gasteiger charge is -2.02. The molecule has 0 saturated heterocycles. The summed E-state index contributed by atoms with van der Waals surface area (Å²) in [6.45, 7) is 1.06. The predicted molar refractivity (Wildman–Crippen MR) is 47.9 cm³/mol. The molecule has 0 amide bonds. The minimum Gasteiger partial charge on any atom is -0.487 e. The maximum Gasteiger partial charge on any atom is 0.354 e. The van der Waals surface area contributed by atoms with Gasteiger partial charge in [-0.3, -0.25) is 0 Å². The Morgan fingerprint density at radius 1 is 1.80 bits per heavy atom. The van der Waals surface area contributed by atoms with Crippen molar-refractivity contribution in [3.63, 3.8) is 0 Å². The van der Waals surface area contributed by atoms with Crippen LogP contribution in [0.3, 0.4) is 0 Å². The molecule has 1 rings (SSSR count). The average Bonchev–Trinajstić information content (AvgIpc) is 2.46. The summed E-state index contributed by atoms with van der Waals surface area (Å²) in [7, 11) is 0. The zero-order valence-electron chi connectivity index (χ0n) is 8.13. The quantitative estimate of drug-likeness (QED) is 0.567. The molecule has 1 aliphatic rings. The molecule has 0 aliphatic carbocycles. The van der Waals surface area contributed by atoms with Gasteiger partial charge >= 0.3 is 11.9 Å². The van der Waals surface area contributed by atoms with Crippen LogP contribution >= 0.6 is 0 Å². The molecule has 0 bridgehead atoms. The summed E-state index contributed by atoms with van der Waals surface area (Å²) < 4.78 is 34.4. The van der Waals surface area contributed by atoms with Crippen LogP contribution in [-0.4, -0.2) is 25.1 Å². The van der Waals surface area contributed by atoms with E-state index < -0.39 is 18.5 Å². The van der Waals surface area contributed by atoms with Crippen molar-refractivity contribution in [2.24, 2.45) is 5.73 Å². The molecule has 1 heterocycles. The second kappa shape index (κ2) is 4.29. The summed E-state index contributed by atoms with van der Waals surface area (Å²) in [6.07, 6.45) is 1.64. The Morgan fingerprint density at radius 3 is 2.93 bits per heavy atom. The summed E-state index contributed by atoms with van der Waals surface area (Å²) >= 11 is 0. The Kier molecular flexibility index (Phi) is 3.28. The smallest absolute Gasteiger partial charge is 0.354 e. The van der Waals surface area contributed by atoms with Crippen molar-refractivity contribution in [3.8, 4) is 0 Å². The van der Waals surface area contributed by atoms with Crippen molar-refractivity contribution in [1.82, 2.24) is 0 Å². The number of ether oxygens (including phenoxy) is 2. The third-order valence-electron chi connectivity index (χ3n) is 1.59. The number of alkyl halides is 2. The van der Waals surface area contributed by atoms with Gasteiger partial charge in [0.1, 0.15) is 11.5 Å². The SMILES string of the molecule is CCOC(=O)/C(N)=C/C1=CC(F)(F)CO1. The van der Waals surface area contributed by atoms with Gasteiger partial charge in [-0.2, -0.15) is 8.78 Å². The largest absolute Gasteiger partial charge is 0.487 e. The Hall–Kier alpha value is -1.59. The van der Waals surface area contributed by atoms with Gasteiger partial charge < -0.3 is 15.2 Å². The third kappa shape index (κ3) is 3.23. The van der Waals surface area contributed by atoms with E-state index in [9.17, 15) is 13.6 Å². The molecule has 0 radical (unpaired) electrons. The molecule has 4 nitrogen and oxygen atoms in total. The van der Waals surface area contributed by atoms with Crippen molar-refractivity contribution in [2.75, 3.05) is 13.2 Å². The number of halogens is 2. The lowest BCUT2D eigenvalue weighted by atomic mass is 10.3. The van der Waals surface area contributed by atoms with Crippen LogP contribution in [0.15, 0.2) is 23.6 Å². The van der Waals surface area contributed by atoms with Crippen LogP contribution in [-0.2, 0) is 14.3 Å². The number of carbonyl (C=O) groups excluding carboxylic acids is 1. The zero-order valence-corrected chi connectivity index (χ0v) is 8.13. The third-order valence-corrected chi connectivity index (χ3v) is 1.59. The van der Waals surface area contributed by atoms with Crippen molar-refractivity contribution in [2.45, 2.75) is 12.8 Å². The Labute approximate surface area is 85.3 Å². The first kappa shape index (κ1) is 11.5. The monoisotopic (exact) mass is 219 g/mol. The highest BCUT2D eigenvalue weighted by atomic mass is 19.3. The number of hydrogen-bond donors (Lipinski definition) is 1. The molecule has 0 aromatic carbocycles. The highest BCUT2D eigenvalue weighted by Gasteiger charge is 2.33. The summed E-state index contributed by atoms with van der Waals surface area (Å²) in [6, 6.07) is 0. The number of hydrogen-bond acceptors (Lipinski definition) is 4. The fraction of sp³-hybridized carbons (Fsp3) is 0.444. The molecule has 1 aliphatic heterocycles. The summed E-state index contributed by atoms with van der Waals surface area (Å²) in [4.78, 5) is 11.0. The summed E-state index contributed by atoms with van der Waals surface area (Å²) in [5, 5.41) is 0. The van der Waals surface area contributed by atoms with Crippen molar-refractivity contribution in [3.05, 3.63) is 23.6 Å². The maximum absolute atomic E-state index is 12.6. The Morgan fingerprint density at radius 2 is 2.47 bits per heavy atom. The van der Waals surface area contributed by atoms with Gasteiger partial charge in [0.15, 0.2) is 6.61 Å². The first-order valence-corrected chi connectivity index (χ1v) is 4.32. The fourth-order valence-corrected chi connectivity index (χ4v) is 0.981. The Balaban J connectivity index is 2.68. The molecule has 0 saturated carbocycles. The number of esters is 1. The van der Waals surface area contributed by atoms with E-state index in [-0.39, 0.29) is 18.1 Å². The molecule has 2 N–H and O–H groups in total. The molecule has 0 fully saturated rings. The van der Waals surface area contributed by atoms with E-state index in [4.69, 9.17) is 5.73 Å². The van der Waals surface area contributed by atoms with Crippen LogP contribution in [0.5, 0.6) is 0 Å². The van der Waals surface area contributed by atoms with E-state index in [1.165, 1.54) is 0 Å². The van der Waals surface area contributed by atoms with E-state index >= 15 is 0 Å². The highest BCUT2D eigenvalue weighted by molar-refractivity contribution is 5.87.